The summed E-state index contributed by atoms with van der Waals surface area (Å²) in [6.07, 6.45) is 5.76. The number of ether oxygens (including phenoxy) is 1. The maximum atomic E-state index is 9.93. The Morgan fingerprint density at radius 2 is 1.90 bits per heavy atom. The molecule has 1 fully saturated rings. The molecule has 0 aromatic heterocycles. The van der Waals surface area contributed by atoms with Crippen molar-refractivity contribution in [3.8, 4) is 11.5 Å². The quantitative estimate of drug-likeness (QED) is 0.355. The van der Waals surface area contributed by atoms with Gasteiger partial charge in [-0.15, -0.1) is 0 Å². The van der Waals surface area contributed by atoms with Crippen LogP contribution < -0.4 is 15.8 Å². The van der Waals surface area contributed by atoms with Crippen molar-refractivity contribution in [2.24, 2.45) is 5.73 Å². The molecule has 1 aliphatic rings. The minimum Gasteiger partial charge on any atom is -0.507 e. The van der Waals surface area contributed by atoms with Crippen LogP contribution in [0.1, 0.15) is 30.9 Å². The van der Waals surface area contributed by atoms with Crippen LogP contribution in [-0.4, -0.2) is 47.4 Å². The fourth-order valence-corrected chi connectivity index (χ4v) is 3.37. The van der Waals surface area contributed by atoms with Gasteiger partial charge in [-0.05, 0) is 49.4 Å². The number of rotatable bonds is 7. The molecule has 0 saturated carbocycles. The standard InChI is InChI=1S/C23H29N5O2/c1-16(24)28-13-10-21(11-14-28)30-20-7-5-19(6-8-20)27-12-2-3-17-15-18(23(25)26)4-9-22(17)29/h2-9,15,21,24,27,29H,10-14H2,1H3,(H3,25,26). The van der Waals surface area contributed by atoms with Crippen LogP contribution in [-0.2, 0) is 0 Å². The van der Waals surface area contributed by atoms with Crippen molar-refractivity contribution in [3.63, 3.8) is 0 Å². The summed E-state index contributed by atoms with van der Waals surface area (Å²) >= 11 is 0. The third kappa shape index (κ3) is 5.76. The van der Waals surface area contributed by atoms with Crippen LogP contribution in [0.3, 0.4) is 0 Å². The second kappa shape index (κ2) is 9.82. The molecule has 1 saturated heterocycles. The van der Waals surface area contributed by atoms with E-state index in [0.29, 0.717) is 23.5 Å². The number of anilines is 1. The van der Waals surface area contributed by atoms with Crippen molar-refractivity contribution < 1.29 is 9.84 Å². The highest BCUT2D eigenvalue weighted by molar-refractivity contribution is 5.95. The summed E-state index contributed by atoms with van der Waals surface area (Å²) in [6.45, 7) is 4.16. The molecule has 7 nitrogen and oxygen atoms in total. The number of phenols is 1. The lowest BCUT2D eigenvalue weighted by molar-refractivity contribution is 0.130. The molecule has 3 rings (SSSR count). The van der Waals surface area contributed by atoms with Crippen molar-refractivity contribution >= 4 is 23.4 Å². The Morgan fingerprint density at radius 1 is 1.20 bits per heavy atom. The molecule has 2 aromatic rings. The highest BCUT2D eigenvalue weighted by atomic mass is 16.5. The monoisotopic (exact) mass is 407 g/mol. The minimum atomic E-state index is -0.0273. The molecule has 1 heterocycles. The van der Waals surface area contributed by atoms with E-state index < -0.39 is 0 Å². The Morgan fingerprint density at radius 3 is 2.53 bits per heavy atom. The molecule has 0 bridgehead atoms. The molecule has 0 amide bonds. The first-order valence-electron chi connectivity index (χ1n) is 10.1. The molecular formula is C23H29N5O2. The van der Waals surface area contributed by atoms with E-state index in [4.69, 9.17) is 21.3 Å². The number of benzene rings is 2. The Balaban J connectivity index is 1.47. The zero-order valence-corrected chi connectivity index (χ0v) is 17.2. The summed E-state index contributed by atoms with van der Waals surface area (Å²) in [5.74, 6) is 1.60. The van der Waals surface area contributed by atoms with Crippen molar-refractivity contribution in [3.05, 3.63) is 59.7 Å². The Labute approximate surface area is 177 Å². The van der Waals surface area contributed by atoms with Gasteiger partial charge in [-0.25, -0.2) is 0 Å². The zero-order valence-electron chi connectivity index (χ0n) is 17.2. The number of amidine groups is 2. The number of phenolic OH excluding ortho intramolecular Hbond substituents is 1. The van der Waals surface area contributed by atoms with E-state index in [2.05, 4.69) is 10.2 Å². The van der Waals surface area contributed by atoms with Gasteiger partial charge in [0.1, 0.15) is 23.4 Å². The van der Waals surface area contributed by atoms with Gasteiger partial charge in [0, 0.05) is 49.3 Å². The Kier molecular flexibility index (Phi) is 6.95. The fraction of sp³-hybridized carbons (Fsp3) is 0.304. The topological polar surface area (TPSA) is 118 Å². The summed E-state index contributed by atoms with van der Waals surface area (Å²) in [6, 6.07) is 12.7. The van der Waals surface area contributed by atoms with E-state index in [0.717, 1.165) is 37.4 Å². The highest BCUT2D eigenvalue weighted by Crippen LogP contribution is 2.22. The van der Waals surface area contributed by atoms with Crippen molar-refractivity contribution in [1.82, 2.24) is 4.90 Å². The van der Waals surface area contributed by atoms with Crippen LogP contribution in [0.4, 0.5) is 5.69 Å². The molecule has 0 unspecified atom stereocenters. The first-order valence-corrected chi connectivity index (χ1v) is 10.1. The molecular weight excluding hydrogens is 378 g/mol. The number of likely N-dealkylation sites (tertiary alicyclic amines) is 1. The van der Waals surface area contributed by atoms with Crippen LogP contribution in [0, 0.1) is 10.8 Å². The molecule has 0 atom stereocenters. The minimum absolute atomic E-state index is 0.0273. The van der Waals surface area contributed by atoms with Gasteiger partial charge in [0.05, 0.1) is 5.84 Å². The summed E-state index contributed by atoms with van der Waals surface area (Å²) in [5.41, 5.74) is 7.67. The second-order valence-corrected chi connectivity index (χ2v) is 7.38. The van der Waals surface area contributed by atoms with Gasteiger partial charge in [-0.1, -0.05) is 12.2 Å². The molecule has 158 valence electrons. The van der Waals surface area contributed by atoms with Crippen LogP contribution in [0.15, 0.2) is 48.5 Å². The van der Waals surface area contributed by atoms with Gasteiger partial charge < -0.3 is 25.8 Å². The summed E-state index contributed by atoms with van der Waals surface area (Å²) in [4.78, 5) is 2.08. The SMILES string of the molecule is CC(=N)N1CCC(Oc2ccc(NCC=Cc3cc(C(=N)N)ccc3O)cc2)CC1. The molecule has 7 heteroatoms. The normalized spacial score (nSPS) is 14.6. The number of piperidine rings is 1. The van der Waals surface area contributed by atoms with E-state index in [-0.39, 0.29) is 17.7 Å². The third-order valence-electron chi connectivity index (χ3n) is 5.13. The first kappa shape index (κ1) is 21.2. The Hall–Kier alpha value is -3.48. The number of nitrogens with two attached hydrogens (primary N) is 1. The first-order chi connectivity index (χ1) is 14.4. The third-order valence-corrected chi connectivity index (χ3v) is 5.13. The lowest BCUT2D eigenvalue weighted by atomic mass is 10.1. The molecule has 2 aromatic carbocycles. The van der Waals surface area contributed by atoms with Gasteiger partial charge >= 0.3 is 0 Å². The lowest BCUT2D eigenvalue weighted by Crippen LogP contribution is -2.40. The molecule has 6 N–H and O–H groups in total. The second-order valence-electron chi connectivity index (χ2n) is 7.38. The maximum Gasteiger partial charge on any atom is 0.122 e. The van der Waals surface area contributed by atoms with Crippen molar-refractivity contribution in [2.45, 2.75) is 25.9 Å². The van der Waals surface area contributed by atoms with Gasteiger partial charge in [0.15, 0.2) is 0 Å². The highest BCUT2D eigenvalue weighted by Gasteiger charge is 2.20. The van der Waals surface area contributed by atoms with Gasteiger partial charge in [-0.3, -0.25) is 10.8 Å². The van der Waals surface area contributed by atoms with E-state index in [1.807, 2.05) is 37.3 Å². The van der Waals surface area contributed by atoms with Gasteiger partial charge in [-0.2, -0.15) is 0 Å². The van der Waals surface area contributed by atoms with Crippen molar-refractivity contribution in [1.29, 1.82) is 10.8 Å². The van der Waals surface area contributed by atoms with E-state index in [1.54, 1.807) is 24.3 Å². The molecule has 30 heavy (non-hydrogen) atoms. The molecule has 0 aliphatic carbocycles. The predicted molar refractivity (Wildman–Crippen MR) is 122 cm³/mol. The van der Waals surface area contributed by atoms with Crippen molar-refractivity contribution in [2.75, 3.05) is 25.0 Å². The Bertz CT molecular complexity index is 916. The average Bonchev–Trinajstić information content (AvgIpc) is 2.73. The fourth-order valence-electron chi connectivity index (χ4n) is 3.37. The summed E-state index contributed by atoms with van der Waals surface area (Å²) in [5, 5.41) is 28.4. The number of nitrogens with one attached hydrogen (secondary N) is 3. The lowest BCUT2D eigenvalue weighted by Gasteiger charge is -2.32. The summed E-state index contributed by atoms with van der Waals surface area (Å²) in [7, 11) is 0. The molecule has 0 spiro atoms. The summed E-state index contributed by atoms with van der Waals surface area (Å²) < 4.78 is 6.07. The number of nitrogen functional groups attached to an aromatic ring is 1. The molecule has 1 aliphatic heterocycles. The number of aromatic hydroxyl groups is 1. The maximum absolute atomic E-state index is 9.93. The largest absolute Gasteiger partial charge is 0.507 e. The van der Waals surface area contributed by atoms with Gasteiger partial charge in [0.25, 0.3) is 0 Å². The van der Waals surface area contributed by atoms with E-state index >= 15 is 0 Å². The van der Waals surface area contributed by atoms with Crippen LogP contribution in [0.25, 0.3) is 6.08 Å². The number of nitrogens with zero attached hydrogens (tertiary/aromatic N) is 1. The average molecular weight is 408 g/mol. The molecule has 0 radical (unpaired) electrons. The number of hydrogen-bond donors (Lipinski definition) is 5. The van der Waals surface area contributed by atoms with E-state index in [1.165, 1.54) is 0 Å². The zero-order chi connectivity index (χ0) is 21.5. The smallest absolute Gasteiger partial charge is 0.122 e. The van der Waals surface area contributed by atoms with Crippen LogP contribution in [0.5, 0.6) is 11.5 Å². The van der Waals surface area contributed by atoms with Gasteiger partial charge in [0.2, 0.25) is 0 Å². The van der Waals surface area contributed by atoms with Crippen LogP contribution in [0.2, 0.25) is 0 Å². The predicted octanol–water partition coefficient (Wildman–Crippen LogP) is 3.64. The van der Waals surface area contributed by atoms with Crippen LogP contribution >= 0.6 is 0 Å². The van der Waals surface area contributed by atoms with E-state index in [9.17, 15) is 5.11 Å². The number of hydrogen-bond acceptors (Lipinski definition) is 5.